The molecule has 0 aliphatic heterocycles. The molecule has 0 bridgehead atoms. The molecule has 2 nitrogen and oxygen atoms in total. The van der Waals surface area contributed by atoms with Crippen LogP contribution in [-0.4, -0.2) is 4.98 Å². The van der Waals surface area contributed by atoms with Gasteiger partial charge in [0.15, 0.2) is 0 Å². The SMILES string of the molecule is Cc1ccccc1-c1sc(CC#N)nc1C. The van der Waals surface area contributed by atoms with Crippen LogP contribution in [0.15, 0.2) is 24.3 Å². The highest BCUT2D eigenvalue weighted by Crippen LogP contribution is 2.32. The lowest BCUT2D eigenvalue weighted by Gasteiger charge is -2.02. The third-order valence-corrected chi connectivity index (χ3v) is 3.65. The van der Waals surface area contributed by atoms with Gasteiger partial charge in [-0.1, -0.05) is 24.3 Å². The Balaban J connectivity index is 2.49. The minimum absolute atomic E-state index is 0.400. The highest BCUT2D eigenvalue weighted by molar-refractivity contribution is 7.15. The van der Waals surface area contributed by atoms with Gasteiger partial charge in [-0.15, -0.1) is 11.3 Å². The Bertz CT molecular complexity index is 549. The van der Waals surface area contributed by atoms with Gasteiger partial charge in [0.1, 0.15) is 5.01 Å². The number of benzene rings is 1. The third kappa shape index (κ3) is 1.98. The Hall–Kier alpha value is -1.66. The van der Waals surface area contributed by atoms with Crippen LogP contribution in [0.1, 0.15) is 16.3 Å². The fourth-order valence-corrected chi connectivity index (χ4v) is 2.76. The predicted octanol–water partition coefficient (Wildman–Crippen LogP) is 3.49. The van der Waals surface area contributed by atoms with Crippen LogP contribution in [0.3, 0.4) is 0 Å². The molecule has 3 heteroatoms. The van der Waals surface area contributed by atoms with Gasteiger partial charge in [-0.2, -0.15) is 5.26 Å². The average Bonchev–Trinajstić information content (AvgIpc) is 2.61. The van der Waals surface area contributed by atoms with E-state index in [1.807, 2.05) is 19.1 Å². The van der Waals surface area contributed by atoms with Crippen molar-refractivity contribution in [3.8, 4) is 16.5 Å². The summed E-state index contributed by atoms with van der Waals surface area (Å²) in [5.74, 6) is 0. The van der Waals surface area contributed by atoms with Crippen molar-refractivity contribution in [3.05, 3.63) is 40.5 Å². The summed E-state index contributed by atoms with van der Waals surface area (Å²) in [5.41, 5.74) is 3.49. The normalized spacial score (nSPS) is 10.1. The van der Waals surface area contributed by atoms with Crippen LogP contribution < -0.4 is 0 Å². The molecule has 0 N–H and O–H groups in total. The summed E-state index contributed by atoms with van der Waals surface area (Å²) in [5, 5.41) is 9.56. The van der Waals surface area contributed by atoms with E-state index in [1.165, 1.54) is 16.0 Å². The van der Waals surface area contributed by atoms with Gasteiger partial charge in [-0.25, -0.2) is 4.98 Å². The van der Waals surface area contributed by atoms with Crippen molar-refractivity contribution >= 4 is 11.3 Å². The summed E-state index contributed by atoms with van der Waals surface area (Å²) in [7, 11) is 0. The van der Waals surface area contributed by atoms with Gasteiger partial charge in [0.25, 0.3) is 0 Å². The highest BCUT2D eigenvalue weighted by atomic mass is 32.1. The van der Waals surface area contributed by atoms with E-state index in [9.17, 15) is 0 Å². The van der Waals surface area contributed by atoms with Gasteiger partial charge in [0.2, 0.25) is 0 Å². The summed E-state index contributed by atoms with van der Waals surface area (Å²) < 4.78 is 0. The Labute approximate surface area is 99.2 Å². The predicted molar refractivity (Wildman–Crippen MR) is 66.3 cm³/mol. The zero-order valence-electron chi connectivity index (χ0n) is 9.32. The van der Waals surface area contributed by atoms with E-state index in [4.69, 9.17) is 5.26 Å². The second kappa shape index (κ2) is 4.46. The molecule has 0 spiro atoms. The molecule has 0 aliphatic rings. The first-order valence-electron chi connectivity index (χ1n) is 5.11. The maximum atomic E-state index is 8.66. The fraction of sp³-hybridized carbons (Fsp3) is 0.231. The van der Waals surface area contributed by atoms with Crippen molar-refractivity contribution in [1.82, 2.24) is 4.98 Å². The molecular weight excluding hydrogens is 216 g/mol. The fourth-order valence-electron chi connectivity index (χ4n) is 1.67. The molecule has 2 aromatic rings. The molecule has 1 aromatic heterocycles. The molecule has 1 aromatic carbocycles. The van der Waals surface area contributed by atoms with E-state index in [0.29, 0.717) is 6.42 Å². The van der Waals surface area contributed by atoms with Crippen LogP contribution in [0.25, 0.3) is 10.4 Å². The van der Waals surface area contributed by atoms with E-state index in [0.717, 1.165) is 10.7 Å². The Morgan fingerprint density at radius 2 is 2.06 bits per heavy atom. The number of aromatic nitrogens is 1. The van der Waals surface area contributed by atoms with E-state index < -0.39 is 0 Å². The molecule has 0 fully saturated rings. The van der Waals surface area contributed by atoms with Gasteiger partial charge < -0.3 is 0 Å². The first kappa shape index (κ1) is 10.8. The summed E-state index contributed by atoms with van der Waals surface area (Å²) >= 11 is 1.62. The highest BCUT2D eigenvalue weighted by Gasteiger charge is 2.10. The van der Waals surface area contributed by atoms with Crippen LogP contribution in [0.4, 0.5) is 0 Å². The molecule has 0 radical (unpaired) electrons. The largest absolute Gasteiger partial charge is 0.245 e. The smallest absolute Gasteiger partial charge is 0.108 e. The maximum Gasteiger partial charge on any atom is 0.108 e. The van der Waals surface area contributed by atoms with Gasteiger partial charge in [0, 0.05) is 0 Å². The third-order valence-electron chi connectivity index (χ3n) is 2.46. The molecule has 0 saturated heterocycles. The average molecular weight is 228 g/mol. The van der Waals surface area contributed by atoms with Crippen LogP contribution in [0.5, 0.6) is 0 Å². The van der Waals surface area contributed by atoms with Crippen LogP contribution in [0.2, 0.25) is 0 Å². The summed E-state index contributed by atoms with van der Waals surface area (Å²) in [6.07, 6.45) is 0.400. The maximum absolute atomic E-state index is 8.66. The number of nitriles is 1. The zero-order chi connectivity index (χ0) is 11.5. The Morgan fingerprint density at radius 1 is 1.31 bits per heavy atom. The molecular formula is C13H12N2S. The van der Waals surface area contributed by atoms with Crippen molar-refractivity contribution < 1.29 is 0 Å². The van der Waals surface area contributed by atoms with Crippen molar-refractivity contribution in [3.63, 3.8) is 0 Å². The van der Waals surface area contributed by atoms with Crippen LogP contribution in [-0.2, 0) is 6.42 Å². The van der Waals surface area contributed by atoms with Gasteiger partial charge in [-0.3, -0.25) is 0 Å². The van der Waals surface area contributed by atoms with Crippen LogP contribution >= 0.6 is 11.3 Å². The Kier molecular flexibility index (Phi) is 3.02. The standard InChI is InChI=1S/C13H12N2S/c1-9-5-3-4-6-11(9)13-10(2)15-12(16-13)7-8-14/h3-6H,7H2,1-2H3. The van der Waals surface area contributed by atoms with E-state index >= 15 is 0 Å². The van der Waals surface area contributed by atoms with Crippen molar-refractivity contribution in [2.75, 3.05) is 0 Å². The molecule has 0 saturated carbocycles. The first-order valence-corrected chi connectivity index (χ1v) is 5.93. The number of hydrogen-bond donors (Lipinski definition) is 0. The molecule has 1 heterocycles. The van der Waals surface area contributed by atoms with Crippen LogP contribution in [0, 0.1) is 25.2 Å². The lowest BCUT2D eigenvalue weighted by Crippen LogP contribution is -1.82. The van der Waals surface area contributed by atoms with Gasteiger partial charge >= 0.3 is 0 Å². The quantitative estimate of drug-likeness (QED) is 0.788. The minimum Gasteiger partial charge on any atom is -0.245 e. The molecule has 0 amide bonds. The lowest BCUT2D eigenvalue weighted by molar-refractivity contribution is 1.14. The zero-order valence-corrected chi connectivity index (χ0v) is 10.1. The van der Waals surface area contributed by atoms with Crippen molar-refractivity contribution in [2.24, 2.45) is 0 Å². The van der Waals surface area contributed by atoms with E-state index in [1.54, 1.807) is 11.3 Å². The first-order chi connectivity index (χ1) is 7.72. The monoisotopic (exact) mass is 228 g/mol. The van der Waals surface area contributed by atoms with Gasteiger partial charge in [-0.05, 0) is 25.0 Å². The number of thiazole rings is 1. The van der Waals surface area contributed by atoms with Crippen molar-refractivity contribution in [2.45, 2.75) is 20.3 Å². The number of nitrogens with zero attached hydrogens (tertiary/aromatic N) is 2. The van der Waals surface area contributed by atoms with E-state index in [-0.39, 0.29) is 0 Å². The molecule has 0 aliphatic carbocycles. The number of rotatable bonds is 2. The topological polar surface area (TPSA) is 36.7 Å². The summed E-state index contributed by atoms with van der Waals surface area (Å²) in [6, 6.07) is 10.4. The molecule has 2 rings (SSSR count). The van der Waals surface area contributed by atoms with Crippen molar-refractivity contribution in [1.29, 1.82) is 5.26 Å². The second-order valence-electron chi connectivity index (χ2n) is 3.67. The number of aryl methyl sites for hydroxylation is 2. The Morgan fingerprint density at radius 3 is 2.75 bits per heavy atom. The van der Waals surface area contributed by atoms with Gasteiger partial charge in [0.05, 0.1) is 23.1 Å². The summed E-state index contributed by atoms with van der Waals surface area (Å²) in [6.45, 7) is 4.09. The number of hydrogen-bond acceptors (Lipinski definition) is 3. The lowest BCUT2D eigenvalue weighted by atomic mass is 10.1. The molecule has 0 unspecified atom stereocenters. The molecule has 80 valence electrons. The molecule has 0 atom stereocenters. The minimum atomic E-state index is 0.400. The second-order valence-corrected chi connectivity index (χ2v) is 4.76. The molecule has 16 heavy (non-hydrogen) atoms. The van der Waals surface area contributed by atoms with E-state index in [2.05, 4.69) is 30.1 Å². The summed E-state index contributed by atoms with van der Waals surface area (Å²) in [4.78, 5) is 5.60.